The van der Waals surface area contributed by atoms with Crippen LogP contribution in [0.1, 0.15) is 6.42 Å². The van der Waals surface area contributed by atoms with Gasteiger partial charge in [-0.05, 0) is 30.7 Å². The summed E-state index contributed by atoms with van der Waals surface area (Å²) >= 11 is 3.33. The molecule has 0 aliphatic carbocycles. The van der Waals surface area contributed by atoms with Crippen LogP contribution < -0.4 is 9.62 Å². The Bertz CT molecular complexity index is 1340. The van der Waals surface area contributed by atoms with Crippen LogP contribution in [0, 0.1) is 11.6 Å². The van der Waals surface area contributed by atoms with Gasteiger partial charge < -0.3 is 9.42 Å². The lowest BCUT2D eigenvalue weighted by Gasteiger charge is -2.18. The number of halogens is 3. The molecule has 2 saturated heterocycles. The fourth-order valence-corrected chi connectivity index (χ4v) is 5.71. The van der Waals surface area contributed by atoms with Crippen LogP contribution in [-0.4, -0.2) is 55.9 Å². The van der Waals surface area contributed by atoms with Crippen molar-refractivity contribution in [3.05, 3.63) is 46.4 Å². The minimum absolute atomic E-state index is 0.164. The van der Waals surface area contributed by atoms with Crippen LogP contribution in [0.2, 0.25) is 0 Å². The van der Waals surface area contributed by atoms with Crippen LogP contribution in [0.4, 0.5) is 19.4 Å². The van der Waals surface area contributed by atoms with E-state index in [1.54, 1.807) is 17.0 Å². The summed E-state index contributed by atoms with van der Waals surface area (Å²) in [5.74, 6) is -1.34. The normalized spacial score (nSPS) is 21.1. The molecule has 8 nitrogen and oxygen atoms in total. The zero-order valence-corrected chi connectivity index (χ0v) is 19.1. The van der Waals surface area contributed by atoms with Crippen LogP contribution in [0.3, 0.4) is 0 Å². The monoisotopic (exact) mass is 526 g/mol. The number of hydrogen-bond acceptors (Lipinski definition) is 5. The molecule has 32 heavy (non-hydrogen) atoms. The van der Waals surface area contributed by atoms with Gasteiger partial charge in [0.05, 0.1) is 23.2 Å². The van der Waals surface area contributed by atoms with Gasteiger partial charge in [-0.2, -0.15) is 0 Å². The predicted octanol–water partition coefficient (Wildman–Crippen LogP) is 3.47. The van der Waals surface area contributed by atoms with Crippen molar-refractivity contribution in [3.63, 3.8) is 0 Å². The lowest BCUT2D eigenvalue weighted by Crippen LogP contribution is -2.40. The molecule has 0 saturated carbocycles. The molecular formula is C20H17BrF2N4O4S. The van der Waals surface area contributed by atoms with Gasteiger partial charge in [-0.1, -0.05) is 27.2 Å². The summed E-state index contributed by atoms with van der Waals surface area (Å²) in [6, 6.07) is 5.80. The third-order valence-electron chi connectivity index (χ3n) is 5.67. The molecule has 1 aromatic heterocycles. The molecule has 0 spiro atoms. The van der Waals surface area contributed by atoms with Gasteiger partial charge >= 0.3 is 6.03 Å². The van der Waals surface area contributed by atoms with E-state index in [0.717, 1.165) is 18.4 Å². The summed E-state index contributed by atoms with van der Waals surface area (Å²) in [4.78, 5) is 16.1. The van der Waals surface area contributed by atoms with Crippen molar-refractivity contribution in [1.82, 2.24) is 14.8 Å². The molecule has 2 aliphatic rings. The number of amides is 2. The number of carbonyl (C=O) groups is 1. The lowest BCUT2D eigenvalue weighted by atomic mass is 10.00. The Morgan fingerprint density at radius 3 is 2.59 bits per heavy atom. The molecule has 0 unspecified atom stereocenters. The zero-order chi connectivity index (χ0) is 22.8. The molecule has 2 aliphatic heterocycles. The van der Waals surface area contributed by atoms with E-state index >= 15 is 0 Å². The van der Waals surface area contributed by atoms with E-state index in [1.165, 1.54) is 11.0 Å². The van der Waals surface area contributed by atoms with E-state index in [2.05, 4.69) is 25.8 Å². The van der Waals surface area contributed by atoms with Crippen molar-refractivity contribution in [1.29, 1.82) is 0 Å². The minimum atomic E-state index is -3.39. The number of carbonyl (C=O) groups excluding carboxylic acids is 1. The molecule has 3 heterocycles. The Labute approximate surface area is 190 Å². The highest BCUT2D eigenvalue weighted by Gasteiger charge is 2.46. The number of hydrogen-bond donors (Lipinski definition) is 1. The first-order chi connectivity index (χ1) is 15.1. The Hall–Kier alpha value is -2.57. The van der Waals surface area contributed by atoms with Crippen molar-refractivity contribution in [2.24, 2.45) is 0 Å². The predicted molar refractivity (Wildman–Crippen MR) is 117 cm³/mol. The molecule has 2 amide bonds. The molecule has 0 bridgehead atoms. The SMILES string of the molecule is CS(=O)(=O)N[C@H]1C[C@H]2CN(c3noc4cc(Br)cc(-c5c(F)cccc5F)c34)C(=O)N2C1. The number of nitrogens with zero attached hydrogens (tertiary/aromatic N) is 3. The summed E-state index contributed by atoms with van der Waals surface area (Å²) < 4.78 is 60.7. The highest BCUT2D eigenvalue weighted by Crippen LogP contribution is 2.42. The highest BCUT2D eigenvalue weighted by molar-refractivity contribution is 9.10. The van der Waals surface area contributed by atoms with Crippen LogP contribution in [0.25, 0.3) is 22.1 Å². The maximum atomic E-state index is 14.6. The first-order valence-electron chi connectivity index (χ1n) is 9.71. The number of fused-ring (bicyclic) bond motifs is 2. The van der Waals surface area contributed by atoms with Gasteiger partial charge in [0, 0.05) is 29.2 Å². The van der Waals surface area contributed by atoms with Crippen LogP contribution >= 0.6 is 15.9 Å². The van der Waals surface area contributed by atoms with Crippen LogP contribution in [-0.2, 0) is 10.0 Å². The Balaban J connectivity index is 1.55. The van der Waals surface area contributed by atoms with Gasteiger partial charge in [0.2, 0.25) is 10.0 Å². The maximum absolute atomic E-state index is 14.6. The third kappa shape index (κ3) is 3.55. The molecule has 168 valence electrons. The average Bonchev–Trinajstić information content (AvgIpc) is 3.34. The molecule has 5 rings (SSSR count). The van der Waals surface area contributed by atoms with Gasteiger partial charge in [-0.25, -0.2) is 26.7 Å². The second-order valence-electron chi connectivity index (χ2n) is 7.95. The van der Waals surface area contributed by atoms with E-state index in [-0.39, 0.29) is 53.7 Å². The van der Waals surface area contributed by atoms with E-state index in [4.69, 9.17) is 4.52 Å². The summed E-state index contributed by atoms with van der Waals surface area (Å²) in [6.45, 7) is 0.473. The van der Waals surface area contributed by atoms with Crippen molar-refractivity contribution < 1.29 is 26.5 Å². The topological polar surface area (TPSA) is 95.7 Å². The Morgan fingerprint density at radius 1 is 1.22 bits per heavy atom. The van der Waals surface area contributed by atoms with Crippen molar-refractivity contribution in [2.45, 2.75) is 18.5 Å². The molecule has 3 aromatic rings. The van der Waals surface area contributed by atoms with Gasteiger partial charge in [0.25, 0.3) is 0 Å². The number of rotatable bonds is 4. The summed E-state index contributed by atoms with van der Waals surface area (Å²) in [5.41, 5.74) is 0.231. The second kappa shape index (κ2) is 7.49. The maximum Gasteiger partial charge on any atom is 0.326 e. The van der Waals surface area contributed by atoms with Crippen molar-refractivity contribution in [3.8, 4) is 11.1 Å². The number of nitrogens with one attached hydrogen (secondary N) is 1. The largest absolute Gasteiger partial charge is 0.354 e. The average molecular weight is 527 g/mol. The second-order valence-corrected chi connectivity index (χ2v) is 10.6. The number of urea groups is 1. The van der Waals surface area contributed by atoms with Gasteiger partial charge in [-0.3, -0.25) is 4.90 Å². The summed E-state index contributed by atoms with van der Waals surface area (Å²) in [7, 11) is -3.39. The first-order valence-corrected chi connectivity index (χ1v) is 12.4. The smallest absolute Gasteiger partial charge is 0.326 e. The van der Waals surface area contributed by atoms with Crippen molar-refractivity contribution >= 4 is 48.8 Å². The van der Waals surface area contributed by atoms with E-state index < -0.39 is 21.7 Å². The van der Waals surface area contributed by atoms with Crippen LogP contribution in [0.15, 0.2) is 39.3 Å². The molecule has 0 radical (unpaired) electrons. The fraction of sp³-hybridized carbons (Fsp3) is 0.300. The summed E-state index contributed by atoms with van der Waals surface area (Å²) in [5, 5.41) is 4.36. The van der Waals surface area contributed by atoms with Crippen molar-refractivity contribution in [2.75, 3.05) is 24.2 Å². The molecule has 2 atom stereocenters. The van der Waals surface area contributed by atoms with E-state index in [9.17, 15) is 22.0 Å². The van der Waals surface area contributed by atoms with E-state index in [1.807, 2.05) is 0 Å². The van der Waals surface area contributed by atoms with Gasteiger partial charge in [0.15, 0.2) is 11.4 Å². The summed E-state index contributed by atoms with van der Waals surface area (Å²) in [6.07, 6.45) is 1.53. The molecule has 1 N–H and O–H groups in total. The number of benzene rings is 2. The lowest BCUT2D eigenvalue weighted by molar-refractivity contribution is 0.218. The van der Waals surface area contributed by atoms with Gasteiger partial charge in [-0.15, -0.1) is 0 Å². The quantitative estimate of drug-likeness (QED) is 0.561. The fourth-order valence-electron chi connectivity index (χ4n) is 4.49. The molecule has 2 aromatic carbocycles. The highest BCUT2D eigenvalue weighted by atomic mass is 79.9. The number of sulfonamides is 1. The Morgan fingerprint density at radius 2 is 1.94 bits per heavy atom. The standard InChI is InChI=1S/C20H17BrF2N4O4S/c1-32(29,30)25-11-7-12-9-27(20(28)26(12)8-11)19-18-13(5-10(21)6-16(18)31-24-19)17-14(22)3-2-4-15(17)23/h2-6,11-12,25H,7-9H2,1H3/t11-,12-/m0/s1. The zero-order valence-electron chi connectivity index (χ0n) is 16.7. The first kappa shape index (κ1) is 21.3. The van der Waals surface area contributed by atoms with Crippen LogP contribution in [0.5, 0.6) is 0 Å². The third-order valence-corrected chi connectivity index (χ3v) is 6.89. The van der Waals surface area contributed by atoms with E-state index in [0.29, 0.717) is 16.3 Å². The number of anilines is 1. The Kier molecular flexibility index (Phi) is 4.98. The molecule has 2 fully saturated rings. The number of aromatic nitrogens is 1. The molecular weight excluding hydrogens is 510 g/mol. The van der Waals surface area contributed by atoms with Gasteiger partial charge in [0.1, 0.15) is 11.6 Å². The molecule has 12 heteroatoms. The minimum Gasteiger partial charge on any atom is -0.354 e.